The minimum Gasteiger partial charge on any atom is -0.305 e. The van der Waals surface area contributed by atoms with Crippen LogP contribution in [0.25, 0.3) is 0 Å². The Kier molecular flexibility index (Phi) is 4.14. The molecule has 0 bridgehead atoms. The van der Waals surface area contributed by atoms with E-state index in [-0.39, 0.29) is 11.9 Å². The standard InChI is InChI=1S/C13H15BrFN3/c1-3-16-13(12-6-7-17-18(12)2)10-8-9(14)4-5-11(10)15/h4-8,13,16H,3H2,1-2H3. The molecule has 0 amide bonds. The van der Waals surface area contributed by atoms with Crippen molar-refractivity contribution in [1.29, 1.82) is 0 Å². The number of nitrogens with zero attached hydrogens (tertiary/aromatic N) is 2. The van der Waals surface area contributed by atoms with Crippen LogP contribution in [0.5, 0.6) is 0 Å². The molecule has 0 saturated carbocycles. The van der Waals surface area contributed by atoms with Gasteiger partial charge in [-0.25, -0.2) is 4.39 Å². The van der Waals surface area contributed by atoms with Gasteiger partial charge in [0.25, 0.3) is 0 Å². The second-order valence-electron chi connectivity index (χ2n) is 4.04. The highest BCUT2D eigenvalue weighted by Gasteiger charge is 2.19. The maximum absolute atomic E-state index is 14.0. The Morgan fingerprint density at radius 3 is 2.83 bits per heavy atom. The van der Waals surface area contributed by atoms with Gasteiger partial charge in [0, 0.05) is 23.3 Å². The van der Waals surface area contributed by atoms with Crippen LogP contribution in [0.2, 0.25) is 0 Å². The van der Waals surface area contributed by atoms with E-state index in [1.807, 2.05) is 20.0 Å². The molecule has 1 unspecified atom stereocenters. The quantitative estimate of drug-likeness (QED) is 0.940. The predicted molar refractivity (Wildman–Crippen MR) is 72.8 cm³/mol. The van der Waals surface area contributed by atoms with Crippen LogP contribution in [-0.4, -0.2) is 16.3 Å². The minimum absolute atomic E-state index is 0.194. The van der Waals surface area contributed by atoms with Crippen LogP contribution in [0.1, 0.15) is 24.2 Å². The van der Waals surface area contributed by atoms with E-state index in [4.69, 9.17) is 0 Å². The van der Waals surface area contributed by atoms with Crippen molar-refractivity contribution in [3.63, 3.8) is 0 Å². The summed E-state index contributed by atoms with van der Waals surface area (Å²) in [7, 11) is 1.86. The Hall–Kier alpha value is -1.20. The van der Waals surface area contributed by atoms with Gasteiger partial charge >= 0.3 is 0 Å². The van der Waals surface area contributed by atoms with Crippen molar-refractivity contribution in [2.45, 2.75) is 13.0 Å². The molecule has 0 radical (unpaired) electrons. The normalized spacial score (nSPS) is 12.7. The zero-order valence-electron chi connectivity index (χ0n) is 10.3. The molecule has 0 saturated heterocycles. The van der Waals surface area contributed by atoms with Gasteiger partial charge in [-0.1, -0.05) is 22.9 Å². The monoisotopic (exact) mass is 311 g/mol. The van der Waals surface area contributed by atoms with Gasteiger partial charge in [-0.3, -0.25) is 4.68 Å². The van der Waals surface area contributed by atoms with Crippen LogP contribution in [0, 0.1) is 5.82 Å². The highest BCUT2D eigenvalue weighted by Crippen LogP contribution is 2.26. The summed E-state index contributed by atoms with van der Waals surface area (Å²) in [6, 6.07) is 6.68. The van der Waals surface area contributed by atoms with Gasteiger partial charge in [-0.15, -0.1) is 0 Å². The molecule has 0 aliphatic heterocycles. The van der Waals surface area contributed by atoms with E-state index in [0.717, 1.165) is 16.7 Å². The number of hydrogen-bond acceptors (Lipinski definition) is 2. The van der Waals surface area contributed by atoms with Crippen molar-refractivity contribution in [3.05, 3.63) is 52.0 Å². The highest BCUT2D eigenvalue weighted by molar-refractivity contribution is 9.10. The lowest BCUT2D eigenvalue weighted by molar-refractivity contribution is 0.531. The Balaban J connectivity index is 2.48. The molecule has 1 aromatic heterocycles. The molecule has 1 atom stereocenters. The summed E-state index contributed by atoms with van der Waals surface area (Å²) in [5, 5.41) is 7.43. The van der Waals surface area contributed by atoms with Crippen LogP contribution in [0.4, 0.5) is 4.39 Å². The first-order valence-corrected chi connectivity index (χ1v) is 6.59. The summed E-state index contributed by atoms with van der Waals surface area (Å²) in [6.45, 7) is 2.75. The summed E-state index contributed by atoms with van der Waals surface area (Å²) < 4.78 is 16.6. The van der Waals surface area contributed by atoms with Gasteiger partial charge in [0.15, 0.2) is 0 Å². The molecule has 5 heteroatoms. The first kappa shape index (κ1) is 13.2. The highest BCUT2D eigenvalue weighted by atomic mass is 79.9. The molecule has 0 aliphatic carbocycles. The average molecular weight is 312 g/mol. The van der Waals surface area contributed by atoms with Gasteiger partial charge in [-0.2, -0.15) is 5.10 Å². The van der Waals surface area contributed by atoms with Gasteiger partial charge in [0.1, 0.15) is 5.82 Å². The third kappa shape index (κ3) is 2.62. The minimum atomic E-state index is -0.217. The molecule has 0 fully saturated rings. The van der Waals surface area contributed by atoms with E-state index in [2.05, 4.69) is 26.3 Å². The van der Waals surface area contributed by atoms with Crippen LogP contribution in [0.15, 0.2) is 34.9 Å². The SMILES string of the molecule is CCNC(c1cc(Br)ccc1F)c1ccnn1C. The predicted octanol–water partition coefficient (Wildman–Crippen LogP) is 3.02. The number of rotatable bonds is 4. The maximum Gasteiger partial charge on any atom is 0.128 e. The number of aromatic nitrogens is 2. The third-order valence-electron chi connectivity index (χ3n) is 2.83. The summed E-state index contributed by atoms with van der Waals surface area (Å²) >= 11 is 3.38. The van der Waals surface area contributed by atoms with E-state index in [1.165, 1.54) is 6.07 Å². The smallest absolute Gasteiger partial charge is 0.128 e. The molecule has 1 aromatic carbocycles. The van der Waals surface area contributed by atoms with E-state index in [0.29, 0.717) is 5.56 Å². The molecule has 0 aliphatic rings. The molecular weight excluding hydrogens is 297 g/mol. The van der Waals surface area contributed by atoms with Crippen LogP contribution < -0.4 is 5.32 Å². The first-order chi connectivity index (χ1) is 8.63. The summed E-state index contributed by atoms with van der Waals surface area (Å²) in [4.78, 5) is 0. The Bertz CT molecular complexity index is 539. The van der Waals surface area contributed by atoms with Crippen molar-refractivity contribution < 1.29 is 4.39 Å². The lowest BCUT2D eigenvalue weighted by Gasteiger charge is -2.19. The molecule has 96 valence electrons. The zero-order chi connectivity index (χ0) is 13.1. The van der Waals surface area contributed by atoms with Crippen LogP contribution >= 0.6 is 15.9 Å². The molecule has 2 rings (SSSR count). The van der Waals surface area contributed by atoms with Gasteiger partial charge in [0.2, 0.25) is 0 Å². The molecule has 1 heterocycles. The number of hydrogen-bond donors (Lipinski definition) is 1. The maximum atomic E-state index is 14.0. The van der Waals surface area contributed by atoms with E-state index in [1.54, 1.807) is 23.0 Å². The van der Waals surface area contributed by atoms with Gasteiger partial charge in [0.05, 0.1) is 11.7 Å². The average Bonchev–Trinajstić information content (AvgIpc) is 2.76. The zero-order valence-corrected chi connectivity index (χ0v) is 11.9. The Morgan fingerprint density at radius 1 is 1.44 bits per heavy atom. The van der Waals surface area contributed by atoms with Crippen molar-refractivity contribution in [2.24, 2.45) is 7.05 Å². The number of aryl methyl sites for hydroxylation is 1. The molecular formula is C13H15BrFN3. The van der Waals surface area contributed by atoms with Crippen molar-refractivity contribution >= 4 is 15.9 Å². The van der Waals surface area contributed by atoms with Crippen molar-refractivity contribution in [3.8, 4) is 0 Å². The number of benzene rings is 1. The Labute approximate surface area is 114 Å². The summed E-state index contributed by atoms with van der Waals surface area (Å²) in [6.07, 6.45) is 1.72. The fourth-order valence-corrected chi connectivity index (χ4v) is 2.36. The molecule has 0 spiro atoms. The van der Waals surface area contributed by atoms with E-state index >= 15 is 0 Å². The largest absolute Gasteiger partial charge is 0.305 e. The van der Waals surface area contributed by atoms with Gasteiger partial charge in [-0.05, 0) is 30.8 Å². The summed E-state index contributed by atoms with van der Waals surface area (Å²) in [5.41, 5.74) is 1.56. The lowest BCUT2D eigenvalue weighted by atomic mass is 10.0. The second-order valence-corrected chi connectivity index (χ2v) is 4.95. The molecule has 18 heavy (non-hydrogen) atoms. The van der Waals surface area contributed by atoms with E-state index < -0.39 is 0 Å². The van der Waals surface area contributed by atoms with E-state index in [9.17, 15) is 4.39 Å². The first-order valence-electron chi connectivity index (χ1n) is 5.79. The van der Waals surface area contributed by atoms with Crippen molar-refractivity contribution in [1.82, 2.24) is 15.1 Å². The fraction of sp³-hybridized carbons (Fsp3) is 0.308. The molecule has 3 nitrogen and oxygen atoms in total. The fourth-order valence-electron chi connectivity index (χ4n) is 1.98. The van der Waals surface area contributed by atoms with Gasteiger partial charge < -0.3 is 5.32 Å². The van der Waals surface area contributed by atoms with Crippen molar-refractivity contribution in [2.75, 3.05) is 6.54 Å². The Morgan fingerprint density at radius 2 is 2.22 bits per heavy atom. The third-order valence-corrected chi connectivity index (χ3v) is 3.33. The second kappa shape index (κ2) is 5.63. The lowest BCUT2D eigenvalue weighted by Crippen LogP contribution is -2.25. The van der Waals surface area contributed by atoms with Crippen LogP contribution in [0.3, 0.4) is 0 Å². The number of nitrogens with one attached hydrogen (secondary N) is 1. The van der Waals surface area contributed by atoms with Crippen LogP contribution in [-0.2, 0) is 7.05 Å². The summed E-state index contributed by atoms with van der Waals surface area (Å²) in [5.74, 6) is -0.217. The molecule has 2 aromatic rings. The topological polar surface area (TPSA) is 29.9 Å². The number of halogens is 2. The molecule has 1 N–H and O–H groups in total.